The fraction of sp³-hybridized carbons (Fsp3) is 0.308. The van der Waals surface area contributed by atoms with Gasteiger partial charge in [0.05, 0.1) is 6.54 Å². The Kier molecular flexibility index (Phi) is 3.00. The molecule has 19 heavy (non-hydrogen) atoms. The van der Waals surface area contributed by atoms with Crippen molar-refractivity contribution in [2.45, 2.75) is 25.6 Å². The van der Waals surface area contributed by atoms with Gasteiger partial charge >= 0.3 is 5.97 Å². The maximum absolute atomic E-state index is 11.4. The maximum atomic E-state index is 11.4. The molecule has 0 amide bonds. The number of nitrogens with zero attached hydrogens (tertiary/aromatic N) is 3. The van der Waals surface area contributed by atoms with Gasteiger partial charge in [-0.25, -0.2) is 0 Å². The van der Waals surface area contributed by atoms with Crippen LogP contribution >= 0.6 is 0 Å². The maximum Gasteiger partial charge on any atom is 0.321 e. The molecule has 98 valence electrons. The number of aliphatic carboxylic acids is 1. The number of hydrogen-bond donors (Lipinski definition) is 1. The molecule has 6 nitrogen and oxygen atoms in total. The molecule has 6 heteroatoms. The summed E-state index contributed by atoms with van der Waals surface area (Å²) in [5.41, 5.74) is 2.25. The molecule has 2 aromatic rings. The summed E-state index contributed by atoms with van der Waals surface area (Å²) in [6.07, 6.45) is 1.82. The molecule has 2 heterocycles. The second kappa shape index (κ2) is 4.81. The second-order valence-corrected chi connectivity index (χ2v) is 4.57. The number of carbonyl (C=O) groups is 1. The van der Waals surface area contributed by atoms with Crippen LogP contribution in [0, 0.1) is 0 Å². The van der Waals surface area contributed by atoms with Gasteiger partial charge in [0.1, 0.15) is 6.04 Å². The molecule has 1 atom stereocenters. The van der Waals surface area contributed by atoms with Gasteiger partial charge in [0.2, 0.25) is 5.89 Å². The smallest absolute Gasteiger partial charge is 0.321 e. The van der Waals surface area contributed by atoms with Gasteiger partial charge in [-0.3, -0.25) is 9.69 Å². The molecular weight excluding hydrogens is 246 g/mol. The van der Waals surface area contributed by atoms with E-state index in [0.717, 1.165) is 11.1 Å². The average Bonchev–Trinajstić information content (AvgIpc) is 2.90. The van der Waals surface area contributed by atoms with Crippen LogP contribution in [0.25, 0.3) is 0 Å². The van der Waals surface area contributed by atoms with Crippen LogP contribution in [-0.2, 0) is 24.3 Å². The molecule has 0 saturated heterocycles. The standard InChI is InChI=1S/C13H13N3O3/c17-13(18)11-5-9-3-1-2-4-10(9)6-16(11)7-12-14-8-15-19-12/h1-4,8,11H,5-7H2,(H,17,18). The van der Waals surface area contributed by atoms with Crippen molar-refractivity contribution in [3.63, 3.8) is 0 Å². The van der Waals surface area contributed by atoms with Crippen LogP contribution in [0.1, 0.15) is 17.0 Å². The predicted molar refractivity (Wildman–Crippen MR) is 65.1 cm³/mol. The summed E-state index contributed by atoms with van der Waals surface area (Å²) in [7, 11) is 0. The molecular formula is C13H13N3O3. The molecule has 0 fully saturated rings. The first-order valence-electron chi connectivity index (χ1n) is 6.03. The van der Waals surface area contributed by atoms with Crippen LogP contribution in [0.2, 0.25) is 0 Å². The summed E-state index contributed by atoms with van der Waals surface area (Å²) in [4.78, 5) is 17.2. The van der Waals surface area contributed by atoms with Crippen LogP contribution in [-0.4, -0.2) is 32.2 Å². The number of hydrogen-bond acceptors (Lipinski definition) is 5. The van der Waals surface area contributed by atoms with Crippen LogP contribution in [0.15, 0.2) is 35.1 Å². The van der Waals surface area contributed by atoms with E-state index in [1.165, 1.54) is 6.33 Å². The number of carboxylic acids is 1. The first-order chi connectivity index (χ1) is 9.24. The van der Waals surface area contributed by atoms with Crippen molar-refractivity contribution in [3.05, 3.63) is 47.6 Å². The first kappa shape index (κ1) is 11.9. The topological polar surface area (TPSA) is 79.5 Å². The average molecular weight is 259 g/mol. The van der Waals surface area contributed by atoms with Crippen molar-refractivity contribution >= 4 is 5.97 Å². The highest BCUT2D eigenvalue weighted by Crippen LogP contribution is 2.24. The van der Waals surface area contributed by atoms with Crippen molar-refractivity contribution in [2.24, 2.45) is 0 Å². The monoisotopic (exact) mass is 259 g/mol. The molecule has 3 rings (SSSR count). The van der Waals surface area contributed by atoms with E-state index in [4.69, 9.17) is 4.52 Å². The zero-order valence-corrected chi connectivity index (χ0v) is 10.2. The van der Waals surface area contributed by atoms with Gasteiger partial charge in [0.15, 0.2) is 6.33 Å². The summed E-state index contributed by atoms with van der Waals surface area (Å²) >= 11 is 0. The molecule has 0 saturated carbocycles. The van der Waals surface area contributed by atoms with Gasteiger partial charge in [-0.2, -0.15) is 4.98 Å². The molecule has 1 aliphatic heterocycles. The Morgan fingerprint density at radius 2 is 2.21 bits per heavy atom. The third-order valence-corrected chi connectivity index (χ3v) is 3.38. The lowest BCUT2D eigenvalue weighted by Crippen LogP contribution is -2.45. The van der Waals surface area contributed by atoms with E-state index >= 15 is 0 Å². The van der Waals surface area contributed by atoms with Crippen molar-refractivity contribution in [3.8, 4) is 0 Å². The fourth-order valence-electron chi connectivity index (χ4n) is 2.43. The molecule has 0 bridgehead atoms. The predicted octanol–water partition coefficient (Wildman–Crippen LogP) is 1.08. The summed E-state index contributed by atoms with van der Waals surface area (Å²) in [5, 5.41) is 12.9. The summed E-state index contributed by atoms with van der Waals surface area (Å²) < 4.78 is 4.96. The third-order valence-electron chi connectivity index (χ3n) is 3.38. The lowest BCUT2D eigenvalue weighted by Gasteiger charge is -2.33. The lowest BCUT2D eigenvalue weighted by atomic mass is 9.94. The Bertz CT molecular complexity index is 583. The highest BCUT2D eigenvalue weighted by Gasteiger charge is 2.32. The van der Waals surface area contributed by atoms with Gasteiger partial charge in [0, 0.05) is 6.54 Å². The second-order valence-electron chi connectivity index (χ2n) is 4.57. The number of carboxylic acid groups (broad SMARTS) is 1. The van der Waals surface area contributed by atoms with E-state index in [2.05, 4.69) is 10.1 Å². The van der Waals surface area contributed by atoms with E-state index in [0.29, 0.717) is 25.4 Å². The number of rotatable bonds is 3. The Morgan fingerprint density at radius 3 is 2.89 bits per heavy atom. The van der Waals surface area contributed by atoms with E-state index in [1.807, 2.05) is 29.2 Å². The molecule has 1 aliphatic rings. The van der Waals surface area contributed by atoms with Crippen LogP contribution in [0.4, 0.5) is 0 Å². The molecule has 0 radical (unpaired) electrons. The largest absolute Gasteiger partial charge is 0.480 e. The SMILES string of the molecule is O=C(O)C1Cc2ccccc2CN1Cc1ncno1. The zero-order valence-electron chi connectivity index (χ0n) is 10.2. The number of aromatic nitrogens is 2. The minimum atomic E-state index is -0.825. The Labute approximate surface area is 109 Å². The minimum absolute atomic E-state index is 0.352. The van der Waals surface area contributed by atoms with Gasteiger partial charge in [0.25, 0.3) is 0 Å². The van der Waals surface area contributed by atoms with E-state index < -0.39 is 12.0 Å². The number of fused-ring (bicyclic) bond motifs is 1. The highest BCUT2D eigenvalue weighted by molar-refractivity contribution is 5.74. The Hall–Kier alpha value is -2.21. The quantitative estimate of drug-likeness (QED) is 0.888. The summed E-state index contributed by atoms with van der Waals surface area (Å²) in [5.74, 6) is -0.389. The van der Waals surface area contributed by atoms with Gasteiger partial charge in [-0.1, -0.05) is 29.4 Å². The van der Waals surface area contributed by atoms with E-state index in [1.54, 1.807) is 0 Å². The first-order valence-corrected chi connectivity index (χ1v) is 6.03. The van der Waals surface area contributed by atoms with Crippen LogP contribution < -0.4 is 0 Å². The van der Waals surface area contributed by atoms with E-state index in [9.17, 15) is 9.90 Å². The molecule has 1 unspecified atom stereocenters. The fourth-order valence-corrected chi connectivity index (χ4v) is 2.43. The summed E-state index contributed by atoms with van der Waals surface area (Å²) in [6, 6.07) is 7.35. The van der Waals surface area contributed by atoms with Gasteiger partial charge in [-0.15, -0.1) is 0 Å². The van der Waals surface area contributed by atoms with Crippen LogP contribution in [0.5, 0.6) is 0 Å². The Morgan fingerprint density at radius 1 is 1.42 bits per heavy atom. The van der Waals surface area contributed by atoms with E-state index in [-0.39, 0.29) is 0 Å². The van der Waals surface area contributed by atoms with Crippen molar-refractivity contribution in [2.75, 3.05) is 0 Å². The third kappa shape index (κ3) is 2.34. The van der Waals surface area contributed by atoms with Crippen molar-refractivity contribution < 1.29 is 14.4 Å². The molecule has 1 aromatic heterocycles. The van der Waals surface area contributed by atoms with Gasteiger partial charge in [-0.05, 0) is 17.5 Å². The number of benzene rings is 1. The summed E-state index contributed by atoms with van der Waals surface area (Å²) in [6.45, 7) is 0.931. The van der Waals surface area contributed by atoms with Crippen molar-refractivity contribution in [1.82, 2.24) is 15.0 Å². The van der Waals surface area contributed by atoms with Crippen LogP contribution in [0.3, 0.4) is 0 Å². The molecule has 0 spiro atoms. The molecule has 1 N–H and O–H groups in total. The Balaban J connectivity index is 1.87. The lowest BCUT2D eigenvalue weighted by molar-refractivity contribution is -0.144. The normalized spacial score (nSPS) is 19.1. The molecule has 1 aromatic carbocycles. The minimum Gasteiger partial charge on any atom is -0.480 e. The zero-order chi connectivity index (χ0) is 13.2. The molecule has 0 aliphatic carbocycles. The van der Waals surface area contributed by atoms with Gasteiger partial charge < -0.3 is 9.63 Å². The van der Waals surface area contributed by atoms with Crippen molar-refractivity contribution in [1.29, 1.82) is 0 Å². The highest BCUT2D eigenvalue weighted by atomic mass is 16.5.